The summed E-state index contributed by atoms with van der Waals surface area (Å²) in [5.41, 5.74) is 1.08. The zero-order valence-corrected chi connectivity index (χ0v) is 17.8. The molecule has 0 bridgehead atoms. The summed E-state index contributed by atoms with van der Waals surface area (Å²) in [5.74, 6) is 3.22. The molecule has 0 amide bonds. The van der Waals surface area contributed by atoms with Crippen molar-refractivity contribution in [2.45, 2.75) is 84.0 Å². The first-order valence-electron chi connectivity index (χ1n) is 11.6. The van der Waals surface area contributed by atoms with Crippen LogP contribution in [0.3, 0.4) is 0 Å². The monoisotopic (exact) mass is 397 g/mol. The Labute approximate surface area is 174 Å². The van der Waals surface area contributed by atoms with Crippen LogP contribution >= 0.6 is 0 Å². The van der Waals surface area contributed by atoms with Crippen LogP contribution in [0.15, 0.2) is 12.4 Å². The van der Waals surface area contributed by atoms with Crippen LogP contribution in [0.2, 0.25) is 0 Å². The zero-order chi connectivity index (χ0) is 20.4. The van der Waals surface area contributed by atoms with E-state index in [0.717, 1.165) is 31.1 Å². The van der Waals surface area contributed by atoms with E-state index in [4.69, 9.17) is 5.26 Å². The number of nitrogens with zero attached hydrogens (tertiary/aromatic N) is 3. The molecule has 5 rings (SSSR count). The third-order valence-corrected chi connectivity index (χ3v) is 9.97. The number of aliphatic hydroxyl groups is 2. The van der Waals surface area contributed by atoms with Gasteiger partial charge in [0.05, 0.1) is 30.5 Å². The van der Waals surface area contributed by atoms with E-state index >= 15 is 0 Å². The molecule has 4 fully saturated rings. The fourth-order valence-corrected chi connectivity index (χ4v) is 8.67. The lowest BCUT2D eigenvalue weighted by atomic mass is 9.47. The minimum atomic E-state index is -0.409. The standard InChI is InChI=1S/C24H35N3O2/c1-23-8-7-20-18(4-3-16-9-17(28)10-24(16,20)2)19(23)5-6-21(23)22(29)14-27-13-15(11-25)12-26-27/h12-13,16-22,28-29H,3-10,14H2,1-2H3/t16?,17-,18+,19?,20?,21-,22+,23+,24+/m1/s1. The maximum atomic E-state index is 11.1. The first-order chi connectivity index (χ1) is 13.8. The molecule has 3 unspecified atom stereocenters. The SMILES string of the molecule is C[C@]12C[C@H](O)CC1CC[C@@H]1C2CC[C@@]2(C)C1CC[C@@H]2[C@@H](O)Cn1cc(C#N)cn1. The number of fused-ring (bicyclic) bond motifs is 5. The van der Waals surface area contributed by atoms with Crippen molar-refractivity contribution in [3.05, 3.63) is 18.0 Å². The molecular formula is C24H35N3O2. The van der Waals surface area contributed by atoms with Crippen molar-refractivity contribution in [3.8, 4) is 6.07 Å². The number of hydrogen-bond acceptors (Lipinski definition) is 4. The van der Waals surface area contributed by atoms with E-state index in [2.05, 4.69) is 25.0 Å². The van der Waals surface area contributed by atoms with Gasteiger partial charge in [-0.2, -0.15) is 10.4 Å². The number of rotatable bonds is 3. The summed E-state index contributed by atoms with van der Waals surface area (Å²) >= 11 is 0. The molecule has 5 nitrogen and oxygen atoms in total. The van der Waals surface area contributed by atoms with Gasteiger partial charge in [0.1, 0.15) is 6.07 Å². The van der Waals surface area contributed by atoms with Gasteiger partial charge in [-0.15, -0.1) is 0 Å². The molecule has 0 aromatic carbocycles. The summed E-state index contributed by atoms with van der Waals surface area (Å²) in [6.07, 6.45) is 12.2. The fraction of sp³-hybridized carbons (Fsp3) is 0.833. The first kappa shape index (κ1) is 19.6. The molecule has 0 saturated heterocycles. The summed E-state index contributed by atoms with van der Waals surface area (Å²) in [5, 5.41) is 34.8. The van der Waals surface area contributed by atoms with Gasteiger partial charge in [0, 0.05) is 6.20 Å². The van der Waals surface area contributed by atoms with Gasteiger partial charge >= 0.3 is 0 Å². The second-order valence-electron chi connectivity index (χ2n) is 11.1. The lowest BCUT2D eigenvalue weighted by molar-refractivity contribution is -0.101. The molecule has 4 aliphatic rings. The molecular weight excluding hydrogens is 362 g/mol. The van der Waals surface area contributed by atoms with E-state index in [1.807, 2.05) is 0 Å². The maximum absolute atomic E-state index is 11.1. The highest BCUT2D eigenvalue weighted by atomic mass is 16.3. The van der Waals surface area contributed by atoms with Gasteiger partial charge < -0.3 is 10.2 Å². The summed E-state index contributed by atoms with van der Waals surface area (Å²) in [6, 6.07) is 2.12. The minimum Gasteiger partial charge on any atom is -0.393 e. The van der Waals surface area contributed by atoms with E-state index in [1.165, 1.54) is 32.1 Å². The molecule has 2 N–H and O–H groups in total. The lowest BCUT2D eigenvalue weighted by Gasteiger charge is -2.58. The Hall–Kier alpha value is -1.38. The Morgan fingerprint density at radius 2 is 2.00 bits per heavy atom. The second-order valence-corrected chi connectivity index (χ2v) is 11.1. The van der Waals surface area contributed by atoms with Crippen molar-refractivity contribution in [1.29, 1.82) is 5.26 Å². The van der Waals surface area contributed by atoms with Crippen LogP contribution in [0.4, 0.5) is 0 Å². The van der Waals surface area contributed by atoms with Gasteiger partial charge in [-0.1, -0.05) is 13.8 Å². The third kappa shape index (κ3) is 2.90. The smallest absolute Gasteiger partial charge is 0.102 e. The largest absolute Gasteiger partial charge is 0.393 e. The number of nitriles is 1. The third-order valence-electron chi connectivity index (χ3n) is 9.97. The van der Waals surface area contributed by atoms with E-state index in [-0.39, 0.29) is 11.5 Å². The lowest BCUT2D eigenvalue weighted by Crippen LogP contribution is -2.51. The molecule has 158 valence electrons. The van der Waals surface area contributed by atoms with E-state index in [0.29, 0.717) is 35.3 Å². The highest BCUT2D eigenvalue weighted by molar-refractivity contribution is 5.21. The van der Waals surface area contributed by atoms with Crippen molar-refractivity contribution < 1.29 is 10.2 Å². The highest BCUT2D eigenvalue weighted by Gasteiger charge is 2.61. The maximum Gasteiger partial charge on any atom is 0.102 e. The molecule has 0 spiro atoms. The van der Waals surface area contributed by atoms with Crippen LogP contribution in [0, 0.1) is 51.8 Å². The molecule has 0 radical (unpaired) electrons. The van der Waals surface area contributed by atoms with Gasteiger partial charge in [-0.25, -0.2) is 0 Å². The summed E-state index contributed by atoms with van der Waals surface area (Å²) in [4.78, 5) is 0. The Morgan fingerprint density at radius 1 is 1.21 bits per heavy atom. The molecule has 5 heteroatoms. The van der Waals surface area contributed by atoms with E-state index in [9.17, 15) is 10.2 Å². The summed E-state index contributed by atoms with van der Waals surface area (Å²) in [7, 11) is 0. The molecule has 1 aromatic heterocycles. The van der Waals surface area contributed by atoms with E-state index in [1.54, 1.807) is 17.1 Å². The Bertz CT molecular complexity index is 815. The summed E-state index contributed by atoms with van der Waals surface area (Å²) in [6.45, 7) is 5.39. The molecule has 4 saturated carbocycles. The first-order valence-corrected chi connectivity index (χ1v) is 11.6. The van der Waals surface area contributed by atoms with Crippen LogP contribution < -0.4 is 0 Å². The minimum absolute atomic E-state index is 0.0948. The Balaban J connectivity index is 1.34. The van der Waals surface area contributed by atoms with Crippen molar-refractivity contribution in [2.24, 2.45) is 40.4 Å². The number of hydrogen-bond donors (Lipinski definition) is 2. The van der Waals surface area contributed by atoms with Gasteiger partial charge in [-0.05, 0) is 91.8 Å². The molecule has 4 aliphatic carbocycles. The highest BCUT2D eigenvalue weighted by Crippen LogP contribution is 2.68. The van der Waals surface area contributed by atoms with Crippen LogP contribution in [-0.2, 0) is 6.54 Å². The zero-order valence-electron chi connectivity index (χ0n) is 17.8. The normalized spacial score (nSPS) is 47.1. The molecule has 1 heterocycles. The fourth-order valence-electron chi connectivity index (χ4n) is 8.67. The Morgan fingerprint density at radius 3 is 2.76 bits per heavy atom. The van der Waals surface area contributed by atoms with Crippen LogP contribution in [0.5, 0.6) is 0 Å². The summed E-state index contributed by atoms with van der Waals surface area (Å²) < 4.78 is 1.73. The van der Waals surface area contributed by atoms with Crippen molar-refractivity contribution >= 4 is 0 Å². The van der Waals surface area contributed by atoms with Crippen LogP contribution in [-0.4, -0.2) is 32.2 Å². The molecule has 9 atom stereocenters. The number of aliphatic hydroxyl groups excluding tert-OH is 2. The molecule has 0 aliphatic heterocycles. The predicted molar refractivity (Wildman–Crippen MR) is 110 cm³/mol. The molecule has 1 aromatic rings. The van der Waals surface area contributed by atoms with Crippen LogP contribution in [0.1, 0.15) is 70.8 Å². The van der Waals surface area contributed by atoms with Gasteiger partial charge in [0.2, 0.25) is 0 Å². The average Bonchev–Trinajstić information content (AvgIpc) is 3.35. The Kier molecular flexibility index (Phi) is 4.60. The van der Waals surface area contributed by atoms with E-state index < -0.39 is 6.10 Å². The van der Waals surface area contributed by atoms with Gasteiger partial charge in [0.25, 0.3) is 0 Å². The van der Waals surface area contributed by atoms with Gasteiger partial charge in [0.15, 0.2) is 0 Å². The average molecular weight is 398 g/mol. The number of aromatic nitrogens is 2. The second kappa shape index (κ2) is 6.82. The molecule has 29 heavy (non-hydrogen) atoms. The van der Waals surface area contributed by atoms with Crippen molar-refractivity contribution in [3.63, 3.8) is 0 Å². The predicted octanol–water partition coefficient (Wildman–Crippen LogP) is 3.75. The topological polar surface area (TPSA) is 82.1 Å². The van der Waals surface area contributed by atoms with Gasteiger partial charge in [-0.3, -0.25) is 4.68 Å². The quantitative estimate of drug-likeness (QED) is 0.814. The van der Waals surface area contributed by atoms with Crippen LogP contribution in [0.25, 0.3) is 0 Å². The van der Waals surface area contributed by atoms with Crippen molar-refractivity contribution in [2.75, 3.05) is 0 Å². The van der Waals surface area contributed by atoms with Crippen molar-refractivity contribution in [1.82, 2.24) is 9.78 Å².